The molecule has 0 saturated carbocycles. The van der Waals surface area contributed by atoms with Crippen molar-refractivity contribution in [2.75, 3.05) is 6.61 Å². The maximum atomic E-state index is 12.4. The van der Waals surface area contributed by atoms with Crippen molar-refractivity contribution < 1.29 is 14.3 Å². The first kappa shape index (κ1) is 17.9. The van der Waals surface area contributed by atoms with Crippen LogP contribution in [0.1, 0.15) is 21.6 Å². The third-order valence-corrected chi connectivity index (χ3v) is 4.20. The van der Waals surface area contributed by atoms with Crippen molar-refractivity contribution in [2.45, 2.75) is 13.5 Å². The average molecular weight is 369 g/mol. The van der Waals surface area contributed by atoms with Crippen molar-refractivity contribution in [1.82, 2.24) is 10.3 Å². The van der Waals surface area contributed by atoms with E-state index in [1.54, 1.807) is 25.1 Å². The molecule has 5 nitrogen and oxygen atoms in total. The van der Waals surface area contributed by atoms with Crippen LogP contribution in [-0.4, -0.2) is 23.5 Å². The van der Waals surface area contributed by atoms with Crippen LogP contribution < -0.4 is 5.32 Å². The molecule has 0 radical (unpaired) electrons. The Kier molecular flexibility index (Phi) is 5.49. The molecule has 0 fully saturated rings. The fourth-order valence-electron chi connectivity index (χ4n) is 2.57. The smallest absolute Gasteiger partial charge is 0.339 e. The first-order valence-corrected chi connectivity index (χ1v) is 8.46. The van der Waals surface area contributed by atoms with Crippen molar-refractivity contribution in [3.63, 3.8) is 0 Å². The molecule has 0 spiro atoms. The van der Waals surface area contributed by atoms with Crippen molar-refractivity contribution in [3.05, 3.63) is 76.4 Å². The van der Waals surface area contributed by atoms with E-state index < -0.39 is 11.9 Å². The van der Waals surface area contributed by atoms with Crippen LogP contribution in [0.2, 0.25) is 5.02 Å². The molecule has 0 aliphatic carbocycles. The van der Waals surface area contributed by atoms with Crippen molar-refractivity contribution >= 4 is 34.4 Å². The van der Waals surface area contributed by atoms with Gasteiger partial charge in [0, 0.05) is 22.6 Å². The molecule has 3 aromatic rings. The minimum atomic E-state index is -0.556. The second kappa shape index (κ2) is 7.97. The molecule has 26 heavy (non-hydrogen) atoms. The molecular formula is C20H17ClN2O3. The molecule has 3 rings (SSSR count). The SMILES string of the molecule is Cc1cc(C(=O)OCC(=O)NCc2ccccc2Cl)c2ccccc2n1. The summed E-state index contributed by atoms with van der Waals surface area (Å²) in [5.74, 6) is -0.951. The van der Waals surface area contributed by atoms with Crippen LogP contribution in [0.3, 0.4) is 0 Å². The number of benzene rings is 2. The molecule has 0 unspecified atom stereocenters. The number of aryl methyl sites for hydroxylation is 1. The number of halogens is 1. The Morgan fingerprint density at radius 2 is 1.85 bits per heavy atom. The maximum absolute atomic E-state index is 12.4. The maximum Gasteiger partial charge on any atom is 0.339 e. The normalized spacial score (nSPS) is 10.5. The average Bonchev–Trinajstić information content (AvgIpc) is 2.64. The Balaban J connectivity index is 1.62. The van der Waals surface area contributed by atoms with Crippen LogP contribution >= 0.6 is 11.6 Å². The second-order valence-electron chi connectivity index (χ2n) is 5.77. The highest BCUT2D eigenvalue weighted by Gasteiger charge is 2.15. The van der Waals surface area contributed by atoms with Gasteiger partial charge in [-0.2, -0.15) is 0 Å². The highest BCUT2D eigenvalue weighted by Crippen LogP contribution is 2.19. The molecule has 1 N–H and O–H groups in total. The van der Waals surface area contributed by atoms with E-state index in [1.165, 1.54) is 0 Å². The number of esters is 1. The Bertz CT molecular complexity index is 972. The molecule has 132 valence electrons. The molecule has 0 saturated heterocycles. The van der Waals surface area contributed by atoms with Gasteiger partial charge in [0.05, 0.1) is 11.1 Å². The summed E-state index contributed by atoms with van der Waals surface area (Å²) in [5.41, 5.74) is 2.61. The Labute approximate surface area is 156 Å². The molecule has 0 aliphatic rings. The fraction of sp³-hybridized carbons (Fsp3) is 0.150. The molecule has 6 heteroatoms. The summed E-state index contributed by atoms with van der Waals surface area (Å²) < 4.78 is 5.16. The summed E-state index contributed by atoms with van der Waals surface area (Å²) in [4.78, 5) is 28.7. The van der Waals surface area contributed by atoms with Crippen LogP contribution in [0.15, 0.2) is 54.6 Å². The van der Waals surface area contributed by atoms with Gasteiger partial charge in [-0.3, -0.25) is 9.78 Å². The fourth-order valence-corrected chi connectivity index (χ4v) is 2.77. The van der Waals surface area contributed by atoms with Gasteiger partial charge in [-0.1, -0.05) is 48.0 Å². The Hall–Kier alpha value is -2.92. The Morgan fingerprint density at radius 1 is 1.12 bits per heavy atom. The van der Waals surface area contributed by atoms with Crippen molar-refractivity contribution in [3.8, 4) is 0 Å². The summed E-state index contributed by atoms with van der Waals surface area (Å²) in [7, 11) is 0. The lowest BCUT2D eigenvalue weighted by molar-refractivity contribution is -0.124. The van der Waals surface area contributed by atoms with E-state index in [0.29, 0.717) is 27.2 Å². The molecule has 2 aromatic carbocycles. The lowest BCUT2D eigenvalue weighted by Gasteiger charge is -2.09. The highest BCUT2D eigenvalue weighted by molar-refractivity contribution is 6.31. The van der Waals surface area contributed by atoms with Gasteiger partial charge in [-0.15, -0.1) is 0 Å². The highest BCUT2D eigenvalue weighted by atomic mass is 35.5. The van der Waals surface area contributed by atoms with Crippen molar-refractivity contribution in [1.29, 1.82) is 0 Å². The Morgan fingerprint density at radius 3 is 2.65 bits per heavy atom. The monoisotopic (exact) mass is 368 g/mol. The number of para-hydroxylation sites is 1. The number of nitrogens with one attached hydrogen (secondary N) is 1. The third kappa shape index (κ3) is 4.18. The zero-order chi connectivity index (χ0) is 18.5. The molecule has 0 atom stereocenters. The van der Waals surface area contributed by atoms with Crippen LogP contribution in [-0.2, 0) is 16.1 Å². The number of rotatable bonds is 5. The summed E-state index contributed by atoms with van der Waals surface area (Å²) in [6, 6.07) is 16.2. The van der Waals surface area contributed by atoms with Gasteiger partial charge in [0.15, 0.2) is 6.61 Å². The molecule has 1 heterocycles. The van der Waals surface area contributed by atoms with Gasteiger partial charge in [-0.25, -0.2) is 4.79 Å². The van der Waals surface area contributed by atoms with Crippen LogP contribution in [0.5, 0.6) is 0 Å². The zero-order valence-electron chi connectivity index (χ0n) is 14.2. The molecule has 0 aliphatic heterocycles. The molecule has 1 amide bonds. The minimum absolute atomic E-state index is 0.271. The van der Waals surface area contributed by atoms with Crippen LogP contribution in [0, 0.1) is 6.92 Å². The van der Waals surface area contributed by atoms with Crippen LogP contribution in [0.25, 0.3) is 10.9 Å². The quantitative estimate of drug-likeness (QED) is 0.698. The summed E-state index contributed by atoms with van der Waals surface area (Å²) >= 11 is 6.04. The van der Waals surface area contributed by atoms with Gasteiger partial charge >= 0.3 is 5.97 Å². The standard InChI is InChI=1S/C20H17ClN2O3/c1-13-10-16(15-7-3-5-9-18(15)23-13)20(25)26-12-19(24)22-11-14-6-2-4-8-17(14)21/h2-10H,11-12H2,1H3,(H,22,24). The number of ether oxygens (including phenoxy) is 1. The third-order valence-electron chi connectivity index (χ3n) is 3.83. The van der Waals surface area contributed by atoms with Gasteiger partial charge in [0.1, 0.15) is 0 Å². The largest absolute Gasteiger partial charge is 0.452 e. The number of pyridine rings is 1. The van der Waals surface area contributed by atoms with Gasteiger partial charge in [0.25, 0.3) is 5.91 Å². The van der Waals surface area contributed by atoms with E-state index in [-0.39, 0.29) is 13.2 Å². The van der Waals surface area contributed by atoms with E-state index in [9.17, 15) is 9.59 Å². The van der Waals surface area contributed by atoms with Gasteiger partial charge < -0.3 is 10.1 Å². The number of fused-ring (bicyclic) bond motifs is 1. The second-order valence-corrected chi connectivity index (χ2v) is 6.18. The molecule has 1 aromatic heterocycles. The van der Waals surface area contributed by atoms with E-state index in [1.807, 2.05) is 36.4 Å². The predicted molar refractivity (Wildman–Crippen MR) is 100 cm³/mol. The van der Waals surface area contributed by atoms with E-state index in [4.69, 9.17) is 16.3 Å². The van der Waals surface area contributed by atoms with Crippen LogP contribution in [0.4, 0.5) is 0 Å². The topological polar surface area (TPSA) is 68.3 Å². The first-order valence-electron chi connectivity index (χ1n) is 8.08. The number of nitrogens with zero attached hydrogens (tertiary/aromatic N) is 1. The molecule has 0 bridgehead atoms. The number of amides is 1. The number of hydrogen-bond acceptors (Lipinski definition) is 4. The zero-order valence-corrected chi connectivity index (χ0v) is 14.9. The number of aromatic nitrogens is 1. The van der Waals surface area contributed by atoms with E-state index in [0.717, 1.165) is 5.56 Å². The molecular weight excluding hydrogens is 352 g/mol. The lowest BCUT2D eigenvalue weighted by Crippen LogP contribution is -2.28. The number of carbonyl (C=O) groups is 2. The van der Waals surface area contributed by atoms with E-state index in [2.05, 4.69) is 10.3 Å². The van der Waals surface area contributed by atoms with E-state index >= 15 is 0 Å². The summed E-state index contributed by atoms with van der Waals surface area (Å²) in [6.07, 6.45) is 0. The predicted octanol–water partition coefficient (Wildman–Crippen LogP) is 3.67. The minimum Gasteiger partial charge on any atom is -0.452 e. The lowest BCUT2D eigenvalue weighted by atomic mass is 10.1. The summed E-state index contributed by atoms with van der Waals surface area (Å²) in [5, 5.41) is 3.95. The number of hydrogen-bond donors (Lipinski definition) is 1. The first-order chi connectivity index (χ1) is 12.5. The summed E-state index contributed by atoms with van der Waals surface area (Å²) in [6.45, 7) is 1.71. The number of carbonyl (C=O) groups excluding carboxylic acids is 2. The van der Waals surface area contributed by atoms with Crippen molar-refractivity contribution in [2.24, 2.45) is 0 Å². The van der Waals surface area contributed by atoms with Gasteiger partial charge in [0.2, 0.25) is 0 Å². The van der Waals surface area contributed by atoms with Gasteiger partial charge in [-0.05, 0) is 30.7 Å².